The summed E-state index contributed by atoms with van der Waals surface area (Å²) in [6, 6.07) is 23.7. The summed E-state index contributed by atoms with van der Waals surface area (Å²) < 4.78 is 134. The van der Waals surface area contributed by atoms with Gasteiger partial charge >= 0.3 is 5.51 Å². The fourth-order valence-electron chi connectivity index (χ4n) is 9.72. The van der Waals surface area contributed by atoms with Crippen molar-refractivity contribution in [1.29, 1.82) is 0 Å². The van der Waals surface area contributed by atoms with E-state index in [4.69, 9.17) is 16.1 Å². The van der Waals surface area contributed by atoms with Gasteiger partial charge in [-0.3, -0.25) is 18.9 Å². The first-order valence-corrected chi connectivity index (χ1v) is 32.2. The SMILES string of the molecule is CCOP(O)CN1CCN(CC[C@H](CSc2ccccc2)N(c2ccc(S(=O)(=O)NC(=O)c3ccc(N4CCN(CC5=C(c6ccc(Cl)cc6)CCC(C)(C)C5)CC4)cc3)cc2S(=O)(=O)C(F)(F)F)S(C)(=O)=O)CC1. The minimum atomic E-state index is -6.43. The zero-order valence-corrected chi connectivity index (χ0v) is 47.3. The Kier molecular flexibility index (Phi) is 19.5. The molecule has 24 heteroatoms. The molecule has 0 aromatic heterocycles. The Hall–Kier alpha value is -3.80. The smallest absolute Gasteiger partial charge is 0.369 e. The fourth-order valence-corrected chi connectivity index (χ4v) is 15.3. The van der Waals surface area contributed by atoms with Crippen LogP contribution in [0.2, 0.25) is 5.02 Å². The Morgan fingerprint density at radius 3 is 2.11 bits per heavy atom. The summed E-state index contributed by atoms with van der Waals surface area (Å²) in [5, 5.41) is 0.695. The largest absolute Gasteiger partial charge is 0.501 e. The van der Waals surface area contributed by atoms with Gasteiger partial charge in [-0.05, 0) is 116 Å². The number of benzene rings is 4. The molecule has 4 aromatic rings. The molecule has 1 aliphatic carbocycles. The van der Waals surface area contributed by atoms with E-state index < -0.39 is 71.2 Å². The predicted molar refractivity (Wildman–Crippen MR) is 292 cm³/mol. The van der Waals surface area contributed by atoms with E-state index in [-0.39, 0.29) is 35.8 Å². The molecule has 0 spiro atoms. The van der Waals surface area contributed by atoms with Gasteiger partial charge in [-0.1, -0.05) is 61.4 Å². The first-order chi connectivity index (χ1) is 35.3. The maximum Gasteiger partial charge on any atom is 0.501 e. The monoisotopic (exact) mass is 1160 g/mol. The fraction of sp³-hybridized carbons (Fsp3) is 0.471. The van der Waals surface area contributed by atoms with Gasteiger partial charge in [-0.25, -0.2) is 30.0 Å². The summed E-state index contributed by atoms with van der Waals surface area (Å²) in [5.74, 6) is -1.15. The van der Waals surface area contributed by atoms with Gasteiger partial charge in [-0.15, -0.1) is 11.8 Å². The zero-order chi connectivity index (χ0) is 54.3. The number of piperazine rings is 2. The summed E-state index contributed by atoms with van der Waals surface area (Å²) in [5.41, 5.74) is -2.01. The van der Waals surface area contributed by atoms with Gasteiger partial charge in [0, 0.05) is 92.4 Å². The van der Waals surface area contributed by atoms with E-state index in [2.05, 4.69) is 35.8 Å². The summed E-state index contributed by atoms with van der Waals surface area (Å²) in [4.78, 5) is 30.5. The van der Waals surface area contributed by atoms with Gasteiger partial charge in [0.1, 0.15) is 4.90 Å². The van der Waals surface area contributed by atoms with Crippen molar-refractivity contribution >= 4 is 84.5 Å². The molecule has 0 bridgehead atoms. The zero-order valence-electron chi connectivity index (χ0n) is 42.4. The first kappa shape index (κ1) is 58.9. The summed E-state index contributed by atoms with van der Waals surface area (Å²) in [6.45, 7) is 12.9. The molecule has 2 atom stereocenters. The number of nitrogens with zero attached hydrogens (tertiary/aromatic N) is 5. The molecule has 2 saturated heterocycles. The molecule has 1 amide bonds. The maximum atomic E-state index is 14.6. The van der Waals surface area contributed by atoms with Gasteiger partial charge in [0.05, 0.1) is 35.8 Å². The molecule has 2 aliphatic heterocycles. The van der Waals surface area contributed by atoms with Crippen LogP contribution in [-0.4, -0.2) is 153 Å². The van der Waals surface area contributed by atoms with Crippen LogP contribution in [0.1, 0.15) is 62.4 Å². The van der Waals surface area contributed by atoms with Crippen molar-refractivity contribution in [2.45, 2.75) is 72.7 Å². The lowest BCUT2D eigenvalue weighted by Crippen LogP contribution is -2.49. The van der Waals surface area contributed by atoms with Crippen molar-refractivity contribution in [3.05, 3.63) is 119 Å². The number of halogens is 4. The minimum Gasteiger partial charge on any atom is -0.369 e. The minimum absolute atomic E-state index is 0.0273. The third-order valence-corrected chi connectivity index (χ3v) is 20.3. The normalized spacial score (nSPS) is 18.4. The second kappa shape index (κ2) is 24.9. The average molecular weight is 1160 g/mol. The Morgan fingerprint density at radius 2 is 1.49 bits per heavy atom. The van der Waals surface area contributed by atoms with Crippen LogP contribution in [0.3, 0.4) is 0 Å². The number of anilines is 2. The third-order valence-electron chi connectivity index (χ3n) is 13.7. The molecule has 3 aliphatic rings. The quantitative estimate of drug-likeness (QED) is 0.0598. The average Bonchev–Trinajstić information content (AvgIpc) is 3.35. The number of amides is 1. The standard InChI is InChI=1S/C51H65ClF3N6O9PS4/c1-5-70-71(63)37-59-27-25-57(26-28-59)24-22-43(36-72-44-9-7-6-8-10-44)61(73(4,64)65)47-20-19-45(33-48(47)74(66,67)51(53,54)55)75(68,69)56-49(62)39-13-17-42(18-14-39)60-31-29-58(30-32-60)35-40-34-50(2,3)23-21-46(40)38-11-15-41(52)16-12-38/h6-20,33,43,63H,5,21-32,34-37H2,1-4H3,(H,56,62)/t43-,71?/m1/s1. The molecular weight excluding hydrogens is 1090 g/mol. The van der Waals surface area contributed by atoms with Crippen molar-refractivity contribution < 1.29 is 52.6 Å². The molecule has 75 heavy (non-hydrogen) atoms. The van der Waals surface area contributed by atoms with E-state index in [1.165, 1.54) is 40.6 Å². The molecule has 7 rings (SSSR count). The van der Waals surface area contributed by atoms with Crippen LogP contribution in [0.15, 0.2) is 117 Å². The first-order valence-electron chi connectivity index (χ1n) is 24.6. The van der Waals surface area contributed by atoms with Crippen LogP contribution in [0, 0.1) is 5.41 Å². The molecule has 2 fully saturated rings. The third kappa shape index (κ3) is 15.5. The van der Waals surface area contributed by atoms with Crippen LogP contribution < -0.4 is 13.9 Å². The van der Waals surface area contributed by atoms with Gasteiger partial charge in [-0.2, -0.15) is 13.2 Å². The molecule has 4 aromatic carbocycles. The van der Waals surface area contributed by atoms with Crippen LogP contribution >= 0.6 is 31.7 Å². The number of nitrogens with one attached hydrogen (secondary N) is 1. The lowest BCUT2D eigenvalue weighted by Gasteiger charge is -2.39. The van der Waals surface area contributed by atoms with Crippen LogP contribution in [0.4, 0.5) is 24.5 Å². The molecule has 2 N–H and O–H groups in total. The Balaban J connectivity index is 1.07. The van der Waals surface area contributed by atoms with E-state index in [1.807, 2.05) is 26.7 Å². The number of carbonyl (C=O) groups excluding carboxylic acids is 1. The number of hydrogen-bond acceptors (Lipinski definition) is 14. The lowest BCUT2D eigenvalue weighted by molar-refractivity contribution is -0.0436. The van der Waals surface area contributed by atoms with Crippen molar-refractivity contribution in [2.75, 3.05) is 99.6 Å². The molecule has 0 radical (unpaired) electrons. The second-order valence-electron chi connectivity index (χ2n) is 19.7. The Labute approximate surface area is 450 Å². The highest BCUT2D eigenvalue weighted by molar-refractivity contribution is 7.99. The number of rotatable bonds is 21. The highest BCUT2D eigenvalue weighted by atomic mass is 35.5. The summed E-state index contributed by atoms with van der Waals surface area (Å²) in [7, 11) is -17.7. The highest BCUT2D eigenvalue weighted by Gasteiger charge is 2.50. The number of hydrogen-bond donors (Lipinski definition) is 2. The molecule has 15 nitrogen and oxygen atoms in total. The number of thioether (sulfide) groups is 1. The number of sulfone groups is 1. The van der Waals surface area contributed by atoms with Crippen molar-refractivity contribution in [3.63, 3.8) is 0 Å². The highest BCUT2D eigenvalue weighted by Crippen LogP contribution is 2.44. The van der Waals surface area contributed by atoms with E-state index in [1.54, 1.807) is 49.4 Å². The van der Waals surface area contributed by atoms with Crippen molar-refractivity contribution in [3.8, 4) is 0 Å². The van der Waals surface area contributed by atoms with Gasteiger partial charge < -0.3 is 19.2 Å². The molecular formula is C51H65ClF3N6O9PS4. The van der Waals surface area contributed by atoms with Crippen LogP contribution in [0.25, 0.3) is 5.57 Å². The summed E-state index contributed by atoms with van der Waals surface area (Å²) in [6.07, 6.45) is 4.20. The van der Waals surface area contributed by atoms with Gasteiger partial charge in [0.25, 0.3) is 25.8 Å². The van der Waals surface area contributed by atoms with E-state index in [9.17, 15) is 48.1 Å². The molecule has 0 saturated carbocycles. The van der Waals surface area contributed by atoms with Crippen LogP contribution in [0.5, 0.6) is 0 Å². The van der Waals surface area contributed by atoms with E-state index in [0.717, 1.165) is 63.0 Å². The van der Waals surface area contributed by atoms with Crippen LogP contribution in [-0.2, 0) is 34.4 Å². The Bertz CT molecular complexity index is 2980. The molecule has 2 heterocycles. The summed E-state index contributed by atoms with van der Waals surface area (Å²) >= 11 is 7.41. The van der Waals surface area contributed by atoms with Gasteiger partial charge in [0.15, 0.2) is 8.38 Å². The molecule has 410 valence electrons. The number of sulfonamides is 2. The maximum absolute atomic E-state index is 14.6. The Morgan fingerprint density at radius 1 is 0.867 bits per heavy atom. The predicted octanol–water partition coefficient (Wildman–Crippen LogP) is 8.77. The van der Waals surface area contributed by atoms with Gasteiger partial charge in [0.2, 0.25) is 10.0 Å². The van der Waals surface area contributed by atoms with E-state index >= 15 is 0 Å². The van der Waals surface area contributed by atoms with Crippen molar-refractivity contribution in [1.82, 2.24) is 19.4 Å². The topological polar surface area (TPSA) is 177 Å². The van der Waals surface area contributed by atoms with E-state index in [0.29, 0.717) is 66.4 Å². The second-order valence-corrected chi connectivity index (χ2v) is 28.0. The van der Waals surface area contributed by atoms with Crippen molar-refractivity contribution in [2.24, 2.45) is 5.41 Å². The number of carbonyl (C=O) groups is 1. The molecule has 1 unspecified atom stereocenters. The lowest BCUT2D eigenvalue weighted by atomic mass is 9.73. The number of allylic oxidation sites excluding steroid dienone is 1. The number of alkyl halides is 3.